The van der Waals surface area contributed by atoms with Crippen LogP contribution < -0.4 is 0 Å². The van der Waals surface area contributed by atoms with Gasteiger partial charge in [0.05, 0.1) is 12.6 Å². The first-order valence-electron chi connectivity index (χ1n) is 7.60. The van der Waals surface area contributed by atoms with Crippen LogP contribution in [0.3, 0.4) is 0 Å². The van der Waals surface area contributed by atoms with Crippen molar-refractivity contribution in [3.8, 4) is 0 Å². The Morgan fingerprint density at radius 3 is 2.18 bits per heavy atom. The Morgan fingerprint density at radius 2 is 1.59 bits per heavy atom. The summed E-state index contributed by atoms with van der Waals surface area (Å²) < 4.78 is 0. The average Bonchev–Trinajstić information content (AvgIpc) is 2.52. The second-order valence-corrected chi connectivity index (χ2v) is 5.96. The summed E-state index contributed by atoms with van der Waals surface area (Å²) in [5, 5.41) is 48.8. The average molecular weight is 311 g/mol. The largest absolute Gasteiger partial charge is 0.395 e. The molecule has 22 heavy (non-hydrogen) atoms. The van der Waals surface area contributed by atoms with Crippen LogP contribution in [0.15, 0.2) is 24.3 Å². The van der Waals surface area contributed by atoms with Gasteiger partial charge in [-0.25, -0.2) is 0 Å². The maximum Gasteiger partial charge on any atom is 0.136 e. The molecule has 1 aromatic carbocycles. The van der Waals surface area contributed by atoms with Gasteiger partial charge in [0.2, 0.25) is 0 Å². The van der Waals surface area contributed by atoms with E-state index in [1.807, 2.05) is 31.2 Å². The van der Waals surface area contributed by atoms with Crippen LogP contribution in [0, 0.1) is 6.92 Å². The third-order valence-electron chi connectivity index (χ3n) is 4.35. The van der Waals surface area contributed by atoms with E-state index in [4.69, 9.17) is 0 Å². The Labute approximate surface area is 130 Å². The number of hydrogen-bond acceptors (Lipinski definition) is 6. The lowest BCUT2D eigenvalue weighted by Gasteiger charge is -2.46. The fourth-order valence-corrected chi connectivity index (χ4v) is 2.93. The van der Waals surface area contributed by atoms with Gasteiger partial charge in [0.25, 0.3) is 0 Å². The van der Waals surface area contributed by atoms with E-state index in [9.17, 15) is 25.5 Å². The molecule has 0 spiro atoms. The summed E-state index contributed by atoms with van der Waals surface area (Å²) in [4.78, 5) is 1.45. The topological polar surface area (TPSA) is 104 Å². The molecule has 1 fully saturated rings. The zero-order valence-corrected chi connectivity index (χ0v) is 12.7. The number of benzene rings is 1. The van der Waals surface area contributed by atoms with E-state index in [1.54, 1.807) is 0 Å². The van der Waals surface area contributed by atoms with E-state index in [0.29, 0.717) is 13.0 Å². The van der Waals surface area contributed by atoms with Crippen LogP contribution in [0.5, 0.6) is 0 Å². The first-order chi connectivity index (χ1) is 10.5. The molecular weight excluding hydrogens is 286 g/mol. The maximum atomic E-state index is 10.1. The number of rotatable bonds is 5. The number of hydrogen-bond donors (Lipinski definition) is 5. The van der Waals surface area contributed by atoms with Gasteiger partial charge < -0.3 is 25.5 Å². The fourth-order valence-electron chi connectivity index (χ4n) is 2.93. The van der Waals surface area contributed by atoms with E-state index in [1.165, 1.54) is 16.0 Å². The summed E-state index contributed by atoms with van der Waals surface area (Å²) in [6, 6.07) is 7.36. The van der Waals surface area contributed by atoms with Crippen molar-refractivity contribution in [3.63, 3.8) is 0 Å². The van der Waals surface area contributed by atoms with Gasteiger partial charge in [0, 0.05) is 6.54 Å². The molecule has 0 saturated carbocycles. The number of nitrogens with zero attached hydrogens (tertiary/aromatic N) is 1. The summed E-state index contributed by atoms with van der Waals surface area (Å²) in [6.45, 7) is 2.03. The summed E-state index contributed by atoms with van der Waals surface area (Å²) in [6.07, 6.45) is -4.00. The minimum absolute atomic E-state index is 0.396. The molecule has 2 rings (SSSR count). The quantitative estimate of drug-likeness (QED) is 0.478. The SMILES string of the molecule is Cc1ccc(CCCN2C(O)[C@H](O)[C@@H](O)[C@H](O)[C@H]2CO)cc1. The van der Waals surface area contributed by atoms with Crippen LogP contribution in [-0.4, -0.2) is 74.2 Å². The zero-order chi connectivity index (χ0) is 16.3. The van der Waals surface area contributed by atoms with Crippen molar-refractivity contribution in [1.82, 2.24) is 4.90 Å². The maximum absolute atomic E-state index is 10.1. The lowest BCUT2D eigenvalue weighted by atomic mass is 9.92. The highest BCUT2D eigenvalue weighted by Crippen LogP contribution is 2.23. The Morgan fingerprint density at radius 1 is 0.955 bits per heavy atom. The molecule has 6 heteroatoms. The van der Waals surface area contributed by atoms with Crippen molar-refractivity contribution in [2.75, 3.05) is 13.2 Å². The van der Waals surface area contributed by atoms with Crippen LogP contribution in [0.1, 0.15) is 17.5 Å². The molecule has 0 amide bonds. The van der Waals surface area contributed by atoms with E-state index < -0.39 is 37.2 Å². The third-order valence-corrected chi connectivity index (χ3v) is 4.35. The molecule has 1 unspecified atom stereocenters. The molecule has 124 valence electrons. The van der Waals surface area contributed by atoms with Crippen LogP contribution in [0.2, 0.25) is 0 Å². The minimum atomic E-state index is -1.46. The van der Waals surface area contributed by atoms with E-state index in [-0.39, 0.29) is 0 Å². The van der Waals surface area contributed by atoms with Gasteiger partial charge in [-0.15, -0.1) is 0 Å². The monoisotopic (exact) mass is 311 g/mol. The molecule has 5 atom stereocenters. The Kier molecular flexibility index (Phi) is 5.91. The lowest BCUT2D eigenvalue weighted by Crippen LogP contribution is -2.67. The molecule has 1 aliphatic rings. The molecular formula is C16H25NO5. The predicted octanol–water partition coefficient (Wildman–Crippen LogP) is -0.995. The van der Waals surface area contributed by atoms with Crippen LogP contribution in [0.4, 0.5) is 0 Å². The number of piperidine rings is 1. The fraction of sp³-hybridized carbons (Fsp3) is 0.625. The summed E-state index contributed by atoms with van der Waals surface area (Å²) in [5.74, 6) is 0. The lowest BCUT2D eigenvalue weighted by molar-refractivity contribution is -0.222. The minimum Gasteiger partial charge on any atom is -0.395 e. The van der Waals surface area contributed by atoms with Gasteiger partial charge in [-0.3, -0.25) is 4.90 Å². The van der Waals surface area contributed by atoms with Crippen molar-refractivity contribution in [2.24, 2.45) is 0 Å². The standard InChI is InChI=1S/C16H25NO5/c1-10-4-6-11(7-5-10)3-2-8-17-12(9-18)13(19)14(20)15(21)16(17)22/h4-7,12-16,18-22H,2-3,8-9H2,1H3/t12-,13-,14+,15-,16?/m1/s1. The molecule has 1 aliphatic heterocycles. The normalized spacial score (nSPS) is 33.1. The van der Waals surface area contributed by atoms with Crippen LogP contribution in [0.25, 0.3) is 0 Å². The molecule has 0 aromatic heterocycles. The Bertz CT molecular complexity index is 466. The molecule has 0 radical (unpaired) electrons. The van der Waals surface area contributed by atoms with Crippen molar-refractivity contribution < 1.29 is 25.5 Å². The predicted molar refractivity (Wildman–Crippen MR) is 81.1 cm³/mol. The van der Waals surface area contributed by atoms with Gasteiger partial charge in [-0.1, -0.05) is 29.8 Å². The molecule has 1 saturated heterocycles. The summed E-state index contributed by atoms with van der Waals surface area (Å²) in [5.41, 5.74) is 2.36. The first kappa shape index (κ1) is 17.3. The van der Waals surface area contributed by atoms with Crippen LogP contribution in [-0.2, 0) is 6.42 Å². The molecule has 6 nitrogen and oxygen atoms in total. The molecule has 1 heterocycles. The van der Waals surface area contributed by atoms with Crippen molar-refractivity contribution in [2.45, 2.75) is 50.3 Å². The van der Waals surface area contributed by atoms with Gasteiger partial charge in [0.1, 0.15) is 24.5 Å². The van der Waals surface area contributed by atoms with E-state index in [0.717, 1.165) is 6.42 Å². The van der Waals surface area contributed by atoms with Crippen LogP contribution >= 0.6 is 0 Å². The highest BCUT2D eigenvalue weighted by atomic mass is 16.4. The molecule has 1 aromatic rings. The zero-order valence-electron chi connectivity index (χ0n) is 12.7. The first-order valence-corrected chi connectivity index (χ1v) is 7.60. The molecule has 0 bridgehead atoms. The third kappa shape index (κ3) is 3.65. The second kappa shape index (κ2) is 7.50. The highest BCUT2D eigenvalue weighted by Gasteiger charge is 2.46. The van der Waals surface area contributed by atoms with Crippen molar-refractivity contribution in [3.05, 3.63) is 35.4 Å². The smallest absolute Gasteiger partial charge is 0.136 e. The summed E-state index contributed by atoms with van der Waals surface area (Å²) >= 11 is 0. The van der Waals surface area contributed by atoms with E-state index >= 15 is 0 Å². The number of aryl methyl sites for hydroxylation is 2. The van der Waals surface area contributed by atoms with E-state index in [2.05, 4.69) is 0 Å². The van der Waals surface area contributed by atoms with Gasteiger partial charge in [-0.05, 0) is 25.3 Å². The Balaban J connectivity index is 1.95. The number of aliphatic hydroxyl groups excluding tert-OH is 5. The number of aliphatic hydroxyl groups is 5. The highest BCUT2D eigenvalue weighted by molar-refractivity contribution is 5.21. The van der Waals surface area contributed by atoms with Crippen molar-refractivity contribution in [1.29, 1.82) is 0 Å². The van der Waals surface area contributed by atoms with Crippen molar-refractivity contribution >= 4 is 0 Å². The van der Waals surface area contributed by atoms with Gasteiger partial charge in [0.15, 0.2) is 0 Å². The molecule has 5 N–H and O–H groups in total. The van der Waals surface area contributed by atoms with Gasteiger partial charge in [-0.2, -0.15) is 0 Å². The second-order valence-electron chi connectivity index (χ2n) is 5.96. The number of likely N-dealkylation sites (tertiary alicyclic amines) is 1. The van der Waals surface area contributed by atoms with Gasteiger partial charge >= 0.3 is 0 Å². The Hall–Kier alpha value is -1.02. The molecule has 0 aliphatic carbocycles. The summed E-state index contributed by atoms with van der Waals surface area (Å²) in [7, 11) is 0.